The lowest BCUT2D eigenvalue weighted by Crippen LogP contribution is -2.13. The molecule has 0 bridgehead atoms. The molecular formula is C17H12ClFN2O2S. The topological polar surface area (TPSA) is 51.2 Å². The summed E-state index contributed by atoms with van der Waals surface area (Å²) in [6, 6.07) is 11.2. The first kappa shape index (κ1) is 16.4. The maximum absolute atomic E-state index is 13.7. The van der Waals surface area contributed by atoms with E-state index in [1.54, 1.807) is 7.11 Å². The van der Waals surface area contributed by atoms with Crippen LogP contribution in [0.4, 0.5) is 9.52 Å². The van der Waals surface area contributed by atoms with Crippen LogP contribution in [-0.4, -0.2) is 18.0 Å². The fraction of sp³-hybridized carbons (Fsp3) is 0.0588. The van der Waals surface area contributed by atoms with Gasteiger partial charge in [-0.15, -0.1) is 11.3 Å². The molecular weight excluding hydrogens is 351 g/mol. The SMILES string of the molecule is COc1ccc(-c2csc(NC(=O)c3cc(Cl)ccc3F)n2)cc1. The molecule has 0 saturated heterocycles. The van der Waals surface area contributed by atoms with Gasteiger partial charge in [0.1, 0.15) is 11.6 Å². The molecule has 1 amide bonds. The van der Waals surface area contributed by atoms with Gasteiger partial charge in [0.25, 0.3) is 5.91 Å². The number of thiazole rings is 1. The molecule has 0 aliphatic heterocycles. The summed E-state index contributed by atoms with van der Waals surface area (Å²) < 4.78 is 18.8. The number of rotatable bonds is 4. The van der Waals surface area contributed by atoms with Gasteiger partial charge >= 0.3 is 0 Å². The zero-order valence-corrected chi connectivity index (χ0v) is 14.1. The summed E-state index contributed by atoms with van der Waals surface area (Å²) in [6.07, 6.45) is 0. The number of benzene rings is 2. The summed E-state index contributed by atoms with van der Waals surface area (Å²) in [4.78, 5) is 16.5. The van der Waals surface area contributed by atoms with Crippen molar-refractivity contribution in [2.24, 2.45) is 0 Å². The number of anilines is 1. The summed E-state index contributed by atoms with van der Waals surface area (Å²) >= 11 is 7.06. The van der Waals surface area contributed by atoms with Crippen LogP contribution in [0.3, 0.4) is 0 Å². The van der Waals surface area contributed by atoms with Crippen LogP contribution in [0.1, 0.15) is 10.4 Å². The minimum Gasteiger partial charge on any atom is -0.497 e. The second kappa shape index (κ2) is 6.98. The lowest BCUT2D eigenvalue weighted by molar-refractivity contribution is 0.102. The third-order valence-corrected chi connectivity index (χ3v) is 4.28. The maximum atomic E-state index is 13.7. The Kier molecular flexibility index (Phi) is 4.78. The number of nitrogens with zero attached hydrogens (tertiary/aromatic N) is 1. The Labute approximate surface area is 146 Å². The zero-order chi connectivity index (χ0) is 17.1. The summed E-state index contributed by atoms with van der Waals surface area (Å²) in [7, 11) is 1.60. The monoisotopic (exact) mass is 362 g/mol. The van der Waals surface area contributed by atoms with Crippen molar-refractivity contribution in [2.75, 3.05) is 12.4 Å². The van der Waals surface area contributed by atoms with E-state index in [2.05, 4.69) is 10.3 Å². The highest BCUT2D eigenvalue weighted by Gasteiger charge is 2.14. The van der Waals surface area contributed by atoms with Gasteiger partial charge in [-0.05, 0) is 42.5 Å². The van der Waals surface area contributed by atoms with Crippen LogP contribution < -0.4 is 10.1 Å². The average molecular weight is 363 g/mol. The van der Waals surface area contributed by atoms with E-state index in [1.165, 1.54) is 23.5 Å². The van der Waals surface area contributed by atoms with Crippen LogP contribution in [0.2, 0.25) is 5.02 Å². The second-order valence-corrected chi connectivity index (χ2v) is 6.14. The molecule has 2 aromatic carbocycles. The van der Waals surface area contributed by atoms with E-state index in [0.717, 1.165) is 17.4 Å². The number of carbonyl (C=O) groups excluding carboxylic acids is 1. The van der Waals surface area contributed by atoms with E-state index < -0.39 is 11.7 Å². The Morgan fingerprint density at radius 1 is 1.25 bits per heavy atom. The van der Waals surface area contributed by atoms with E-state index in [1.807, 2.05) is 29.6 Å². The van der Waals surface area contributed by atoms with Gasteiger partial charge in [0.15, 0.2) is 5.13 Å². The number of nitrogens with one attached hydrogen (secondary N) is 1. The molecule has 0 radical (unpaired) electrons. The van der Waals surface area contributed by atoms with Gasteiger partial charge in [-0.3, -0.25) is 10.1 Å². The molecule has 1 aromatic heterocycles. The van der Waals surface area contributed by atoms with Crippen molar-refractivity contribution in [3.63, 3.8) is 0 Å². The number of halogens is 2. The molecule has 1 heterocycles. The molecule has 0 unspecified atom stereocenters. The van der Waals surface area contributed by atoms with Crippen LogP contribution >= 0.6 is 22.9 Å². The van der Waals surface area contributed by atoms with Crippen molar-refractivity contribution in [3.8, 4) is 17.0 Å². The van der Waals surface area contributed by atoms with Crippen LogP contribution in [0.15, 0.2) is 47.8 Å². The highest BCUT2D eigenvalue weighted by atomic mass is 35.5. The number of hydrogen-bond acceptors (Lipinski definition) is 4. The molecule has 3 aromatic rings. The minimum absolute atomic E-state index is 0.122. The molecule has 7 heteroatoms. The standard InChI is InChI=1S/C17H12ClFN2O2S/c1-23-12-5-2-10(3-6-12)15-9-24-17(20-15)21-16(22)13-8-11(18)4-7-14(13)19/h2-9H,1H3,(H,20,21,22). The van der Waals surface area contributed by atoms with Gasteiger partial charge in [0, 0.05) is 16.0 Å². The van der Waals surface area contributed by atoms with E-state index in [9.17, 15) is 9.18 Å². The van der Waals surface area contributed by atoms with Crippen molar-refractivity contribution in [2.45, 2.75) is 0 Å². The predicted octanol–water partition coefficient (Wildman–Crippen LogP) is 4.86. The lowest BCUT2D eigenvalue weighted by atomic mass is 10.2. The normalized spacial score (nSPS) is 10.5. The van der Waals surface area contributed by atoms with Gasteiger partial charge in [-0.25, -0.2) is 9.37 Å². The van der Waals surface area contributed by atoms with Crippen LogP contribution in [0.5, 0.6) is 5.75 Å². The fourth-order valence-electron chi connectivity index (χ4n) is 2.06. The van der Waals surface area contributed by atoms with Crippen LogP contribution in [0, 0.1) is 5.82 Å². The smallest absolute Gasteiger partial charge is 0.260 e. The highest BCUT2D eigenvalue weighted by Crippen LogP contribution is 2.27. The first-order chi connectivity index (χ1) is 11.6. The van der Waals surface area contributed by atoms with Crippen molar-refractivity contribution in [1.29, 1.82) is 0 Å². The summed E-state index contributed by atoms with van der Waals surface area (Å²) in [6.45, 7) is 0. The number of amides is 1. The first-order valence-electron chi connectivity index (χ1n) is 6.93. The molecule has 0 fully saturated rings. The lowest BCUT2D eigenvalue weighted by Gasteiger charge is -2.04. The number of ether oxygens (including phenoxy) is 1. The first-order valence-corrected chi connectivity index (χ1v) is 8.19. The molecule has 0 aliphatic carbocycles. The number of carbonyl (C=O) groups is 1. The average Bonchev–Trinajstić information content (AvgIpc) is 3.05. The quantitative estimate of drug-likeness (QED) is 0.720. The van der Waals surface area contributed by atoms with E-state index in [-0.39, 0.29) is 5.56 Å². The minimum atomic E-state index is -0.635. The summed E-state index contributed by atoms with van der Waals surface area (Å²) in [5.74, 6) is -0.478. The van der Waals surface area contributed by atoms with Crippen molar-refractivity contribution in [3.05, 3.63) is 64.2 Å². The molecule has 24 heavy (non-hydrogen) atoms. The number of methoxy groups -OCH3 is 1. The molecule has 0 aliphatic rings. The van der Waals surface area contributed by atoms with Crippen LogP contribution in [-0.2, 0) is 0 Å². The third-order valence-electron chi connectivity index (χ3n) is 3.28. The largest absolute Gasteiger partial charge is 0.497 e. The Bertz CT molecular complexity index is 881. The van der Waals surface area contributed by atoms with Crippen molar-refractivity contribution >= 4 is 34.0 Å². The molecule has 4 nitrogen and oxygen atoms in total. The molecule has 0 atom stereocenters. The zero-order valence-electron chi connectivity index (χ0n) is 12.5. The Balaban J connectivity index is 1.78. The van der Waals surface area contributed by atoms with Gasteiger partial charge in [0.2, 0.25) is 0 Å². The van der Waals surface area contributed by atoms with Crippen molar-refractivity contribution < 1.29 is 13.9 Å². The summed E-state index contributed by atoms with van der Waals surface area (Å²) in [5, 5.41) is 5.07. The van der Waals surface area contributed by atoms with Crippen LogP contribution in [0.25, 0.3) is 11.3 Å². The molecule has 0 spiro atoms. The molecule has 3 rings (SSSR count). The van der Waals surface area contributed by atoms with Gasteiger partial charge < -0.3 is 4.74 Å². The van der Waals surface area contributed by atoms with Gasteiger partial charge in [-0.1, -0.05) is 11.6 Å². The summed E-state index contributed by atoms with van der Waals surface area (Å²) in [5.41, 5.74) is 1.48. The van der Waals surface area contributed by atoms with Gasteiger partial charge in [-0.2, -0.15) is 0 Å². The maximum Gasteiger partial charge on any atom is 0.260 e. The van der Waals surface area contributed by atoms with Gasteiger partial charge in [0.05, 0.1) is 18.4 Å². The predicted molar refractivity (Wildman–Crippen MR) is 93.5 cm³/mol. The third kappa shape index (κ3) is 3.55. The van der Waals surface area contributed by atoms with E-state index >= 15 is 0 Å². The molecule has 0 saturated carbocycles. The Hall–Kier alpha value is -2.44. The Morgan fingerprint density at radius 3 is 2.71 bits per heavy atom. The second-order valence-electron chi connectivity index (χ2n) is 4.84. The van der Waals surface area contributed by atoms with Crippen molar-refractivity contribution in [1.82, 2.24) is 4.98 Å². The number of aromatic nitrogens is 1. The molecule has 1 N–H and O–H groups in total. The fourth-order valence-corrected chi connectivity index (χ4v) is 2.95. The number of hydrogen-bond donors (Lipinski definition) is 1. The Morgan fingerprint density at radius 2 is 2.00 bits per heavy atom. The van der Waals surface area contributed by atoms with E-state index in [4.69, 9.17) is 16.3 Å². The van der Waals surface area contributed by atoms with E-state index in [0.29, 0.717) is 15.8 Å². The highest BCUT2D eigenvalue weighted by molar-refractivity contribution is 7.14. The molecule has 122 valence electrons.